The first-order valence-electron chi connectivity index (χ1n) is 6.79. The Kier molecular flexibility index (Phi) is 4.11. The quantitative estimate of drug-likeness (QED) is 0.930. The lowest BCUT2D eigenvalue weighted by Gasteiger charge is -2.22. The first-order valence-corrected chi connectivity index (χ1v) is 7.16. The second kappa shape index (κ2) is 5.53. The van der Waals surface area contributed by atoms with Crippen molar-refractivity contribution in [2.75, 3.05) is 6.54 Å². The number of nitriles is 1. The Morgan fingerprint density at radius 2 is 2.24 bits per heavy atom. The van der Waals surface area contributed by atoms with Gasteiger partial charge in [-0.1, -0.05) is 11.6 Å². The Labute approximate surface area is 129 Å². The second-order valence-electron chi connectivity index (χ2n) is 6.30. The summed E-state index contributed by atoms with van der Waals surface area (Å²) >= 11 is 6.20. The molecule has 0 atom stereocenters. The van der Waals surface area contributed by atoms with Gasteiger partial charge in [-0.15, -0.1) is 0 Å². The fraction of sp³-hybridized carbons (Fsp3) is 0.533. The number of hydrogen-bond donors (Lipinski definition) is 1. The van der Waals surface area contributed by atoms with E-state index in [4.69, 9.17) is 21.6 Å². The van der Waals surface area contributed by atoms with Gasteiger partial charge in [0.1, 0.15) is 11.7 Å². The van der Waals surface area contributed by atoms with E-state index in [0.717, 1.165) is 18.5 Å². The number of nitrogens with zero attached hydrogens (tertiary/aromatic N) is 2. The number of hydrogen-bond acceptors (Lipinski definition) is 4. The van der Waals surface area contributed by atoms with E-state index in [0.29, 0.717) is 17.1 Å². The molecular weight excluding hydrogens is 290 g/mol. The summed E-state index contributed by atoms with van der Waals surface area (Å²) in [5, 5.41) is 12.1. The van der Waals surface area contributed by atoms with Gasteiger partial charge in [0, 0.05) is 18.2 Å². The normalized spacial score (nSPS) is 16.0. The van der Waals surface area contributed by atoms with Crippen molar-refractivity contribution in [1.29, 1.82) is 5.26 Å². The SMILES string of the molecule is CC(C)(C)OC(=O)NCC1(c2ncc(C#N)cc2Cl)CC1. The Morgan fingerprint density at radius 1 is 1.57 bits per heavy atom. The molecule has 1 aromatic rings. The lowest BCUT2D eigenvalue weighted by molar-refractivity contribution is 0.0522. The summed E-state index contributed by atoms with van der Waals surface area (Å²) in [6.45, 7) is 5.88. The third-order valence-corrected chi connectivity index (χ3v) is 3.58. The first-order chi connectivity index (χ1) is 9.76. The molecule has 1 saturated carbocycles. The number of halogens is 1. The van der Waals surface area contributed by atoms with Gasteiger partial charge in [0.05, 0.1) is 16.3 Å². The van der Waals surface area contributed by atoms with E-state index in [1.807, 2.05) is 26.8 Å². The van der Waals surface area contributed by atoms with E-state index >= 15 is 0 Å². The van der Waals surface area contributed by atoms with E-state index in [1.54, 1.807) is 6.07 Å². The van der Waals surface area contributed by atoms with Crippen LogP contribution in [0.4, 0.5) is 4.79 Å². The van der Waals surface area contributed by atoms with Crippen molar-refractivity contribution in [2.45, 2.75) is 44.6 Å². The van der Waals surface area contributed by atoms with Gasteiger partial charge in [-0.05, 0) is 39.7 Å². The molecule has 0 aliphatic heterocycles. The summed E-state index contributed by atoms with van der Waals surface area (Å²) in [6.07, 6.45) is 2.87. The summed E-state index contributed by atoms with van der Waals surface area (Å²) in [7, 11) is 0. The Balaban J connectivity index is 2.04. The minimum absolute atomic E-state index is 0.234. The molecule has 21 heavy (non-hydrogen) atoms. The Bertz CT molecular complexity index is 598. The minimum Gasteiger partial charge on any atom is -0.444 e. The van der Waals surface area contributed by atoms with Gasteiger partial charge in [-0.2, -0.15) is 5.26 Å². The largest absolute Gasteiger partial charge is 0.444 e. The van der Waals surface area contributed by atoms with Crippen LogP contribution in [0.3, 0.4) is 0 Å². The van der Waals surface area contributed by atoms with Crippen molar-refractivity contribution < 1.29 is 9.53 Å². The zero-order valence-electron chi connectivity index (χ0n) is 12.4. The van der Waals surface area contributed by atoms with Gasteiger partial charge in [0.2, 0.25) is 0 Å². The van der Waals surface area contributed by atoms with Crippen LogP contribution in [0.1, 0.15) is 44.9 Å². The van der Waals surface area contributed by atoms with Crippen molar-refractivity contribution in [3.05, 3.63) is 28.5 Å². The number of amides is 1. The molecule has 1 N–H and O–H groups in total. The molecule has 0 radical (unpaired) electrons. The lowest BCUT2D eigenvalue weighted by atomic mass is 10.0. The van der Waals surface area contributed by atoms with E-state index < -0.39 is 11.7 Å². The van der Waals surface area contributed by atoms with Gasteiger partial charge in [-0.25, -0.2) is 4.79 Å². The number of ether oxygens (including phenoxy) is 1. The second-order valence-corrected chi connectivity index (χ2v) is 6.71. The van der Waals surface area contributed by atoms with E-state index in [-0.39, 0.29) is 5.41 Å². The number of alkyl carbamates (subject to hydrolysis) is 1. The van der Waals surface area contributed by atoms with E-state index in [2.05, 4.69) is 10.3 Å². The molecule has 1 aromatic heterocycles. The molecular formula is C15H18ClN3O2. The van der Waals surface area contributed by atoms with Crippen molar-refractivity contribution in [2.24, 2.45) is 0 Å². The molecule has 112 valence electrons. The number of pyridine rings is 1. The molecule has 0 aromatic carbocycles. The highest BCUT2D eigenvalue weighted by Gasteiger charge is 2.47. The maximum Gasteiger partial charge on any atom is 0.407 e. The Morgan fingerprint density at radius 3 is 2.71 bits per heavy atom. The van der Waals surface area contributed by atoms with Gasteiger partial charge in [0.15, 0.2) is 0 Å². The number of carbonyl (C=O) groups excluding carboxylic acids is 1. The molecule has 0 saturated heterocycles. The fourth-order valence-corrected chi connectivity index (χ4v) is 2.46. The summed E-state index contributed by atoms with van der Waals surface area (Å²) < 4.78 is 5.22. The van der Waals surface area contributed by atoms with Crippen molar-refractivity contribution in [1.82, 2.24) is 10.3 Å². The third-order valence-electron chi connectivity index (χ3n) is 3.30. The highest BCUT2D eigenvalue weighted by atomic mass is 35.5. The molecule has 0 spiro atoms. The molecule has 1 aliphatic carbocycles. The molecule has 2 rings (SSSR count). The fourth-order valence-electron chi connectivity index (χ4n) is 2.09. The minimum atomic E-state index is -0.523. The zero-order valence-corrected chi connectivity index (χ0v) is 13.1. The molecule has 0 bridgehead atoms. The molecule has 1 amide bonds. The van der Waals surface area contributed by atoms with Crippen LogP contribution in [0.15, 0.2) is 12.3 Å². The topological polar surface area (TPSA) is 75.0 Å². The molecule has 1 heterocycles. The number of nitrogens with one attached hydrogen (secondary N) is 1. The maximum atomic E-state index is 11.7. The van der Waals surface area contributed by atoms with E-state index in [1.165, 1.54) is 6.20 Å². The highest BCUT2D eigenvalue weighted by molar-refractivity contribution is 6.31. The highest BCUT2D eigenvalue weighted by Crippen LogP contribution is 2.49. The van der Waals surface area contributed by atoms with Crippen LogP contribution in [-0.2, 0) is 10.2 Å². The molecule has 1 fully saturated rings. The van der Waals surface area contributed by atoms with Crippen LogP contribution < -0.4 is 5.32 Å². The standard InChI is InChI=1S/C15H18ClN3O2/c1-14(2,3)21-13(20)19-9-15(4-5-15)12-11(16)6-10(7-17)8-18-12/h6,8H,4-5,9H2,1-3H3,(H,19,20). The van der Waals surface area contributed by atoms with Crippen LogP contribution in [0.25, 0.3) is 0 Å². The van der Waals surface area contributed by atoms with Crippen LogP contribution in [-0.4, -0.2) is 23.2 Å². The van der Waals surface area contributed by atoms with Crippen LogP contribution in [0, 0.1) is 11.3 Å². The number of rotatable bonds is 3. The molecule has 0 unspecified atom stereocenters. The van der Waals surface area contributed by atoms with Gasteiger partial charge in [0.25, 0.3) is 0 Å². The maximum absolute atomic E-state index is 11.7. The van der Waals surface area contributed by atoms with Gasteiger partial charge < -0.3 is 10.1 Å². The summed E-state index contributed by atoms with van der Waals surface area (Å²) in [4.78, 5) is 16.0. The predicted molar refractivity (Wildman–Crippen MR) is 79.1 cm³/mol. The smallest absolute Gasteiger partial charge is 0.407 e. The predicted octanol–water partition coefficient (Wildman–Crippen LogP) is 3.16. The molecule has 5 nitrogen and oxygen atoms in total. The Hall–Kier alpha value is -1.80. The van der Waals surface area contributed by atoms with Crippen LogP contribution >= 0.6 is 11.6 Å². The average molecular weight is 308 g/mol. The average Bonchev–Trinajstić information content (AvgIpc) is 3.15. The monoisotopic (exact) mass is 307 g/mol. The molecule has 6 heteroatoms. The number of aromatic nitrogens is 1. The van der Waals surface area contributed by atoms with Crippen molar-refractivity contribution in [3.8, 4) is 6.07 Å². The lowest BCUT2D eigenvalue weighted by Crippen LogP contribution is -2.37. The summed E-state index contributed by atoms with van der Waals surface area (Å²) in [5.74, 6) is 0. The van der Waals surface area contributed by atoms with Crippen molar-refractivity contribution >= 4 is 17.7 Å². The zero-order chi connectivity index (χ0) is 15.7. The van der Waals surface area contributed by atoms with Crippen molar-refractivity contribution in [3.63, 3.8) is 0 Å². The van der Waals surface area contributed by atoms with E-state index in [9.17, 15) is 4.79 Å². The number of carbonyl (C=O) groups is 1. The first kappa shape index (κ1) is 15.6. The molecule has 1 aliphatic rings. The van der Waals surface area contributed by atoms with Gasteiger partial charge >= 0.3 is 6.09 Å². The van der Waals surface area contributed by atoms with Crippen LogP contribution in [0.2, 0.25) is 5.02 Å². The van der Waals surface area contributed by atoms with Gasteiger partial charge in [-0.3, -0.25) is 4.98 Å². The summed E-state index contributed by atoms with van der Waals surface area (Å²) in [5.41, 5.74) is 0.409. The summed E-state index contributed by atoms with van der Waals surface area (Å²) in [6, 6.07) is 3.61. The third kappa shape index (κ3) is 3.85. The van der Waals surface area contributed by atoms with Crippen LogP contribution in [0.5, 0.6) is 0 Å².